The van der Waals surface area contributed by atoms with Gasteiger partial charge in [-0.3, -0.25) is 0 Å². The molecule has 100 valence electrons. The van der Waals surface area contributed by atoms with Crippen molar-refractivity contribution in [2.45, 2.75) is 5.88 Å². The van der Waals surface area contributed by atoms with Crippen LogP contribution in [0.5, 0.6) is 0 Å². The van der Waals surface area contributed by atoms with Crippen LogP contribution in [-0.2, 0) is 5.88 Å². The molecule has 0 atom stereocenters. The summed E-state index contributed by atoms with van der Waals surface area (Å²) in [6.45, 7) is 0. The molecule has 1 heterocycles. The number of nitrogens with zero attached hydrogens (tertiary/aromatic N) is 1. The zero-order valence-corrected chi connectivity index (χ0v) is 12.7. The molecule has 0 aliphatic heterocycles. The summed E-state index contributed by atoms with van der Waals surface area (Å²) in [7, 11) is 0. The van der Waals surface area contributed by atoms with Crippen molar-refractivity contribution in [3.63, 3.8) is 0 Å². The molecular formula is C16H10Cl3N. The van der Waals surface area contributed by atoms with E-state index in [-0.39, 0.29) is 5.88 Å². The van der Waals surface area contributed by atoms with Crippen LogP contribution < -0.4 is 0 Å². The molecule has 0 aliphatic rings. The molecule has 0 radical (unpaired) electrons. The number of aromatic nitrogens is 1. The Morgan fingerprint density at radius 1 is 0.950 bits per heavy atom. The first kappa shape index (κ1) is 13.7. The molecule has 0 bridgehead atoms. The van der Waals surface area contributed by atoms with E-state index in [4.69, 9.17) is 34.8 Å². The first-order valence-electron chi connectivity index (χ1n) is 6.09. The molecule has 3 rings (SSSR count). The number of hydrogen-bond donors (Lipinski definition) is 0. The quantitative estimate of drug-likeness (QED) is 0.531. The Morgan fingerprint density at radius 3 is 2.40 bits per heavy atom. The maximum absolute atomic E-state index is 6.48. The maximum Gasteiger partial charge on any atom is 0.0751 e. The third kappa shape index (κ3) is 2.37. The lowest BCUT2D eigenvalue weighted by molar-refractivity contribution is 1.22. The minimum absolute atomic E-state index is 0.275. The SMILES string of the molecule is ClCc1nc2ccc(Cl)cc2c(-c2ccccc2)c1Cl. The summed E-state index contributed by atoms with van der Waals surface area (Å²) in [4.78, 5) is 4.50. The topological polar surface area (TPSA) is 12.9 Å². The van der Waals surface area contributed by atoms with Gasteiger partial charge in [0.15, 0.2) is 0 Å². The fourth-order valence-electron chi connectivity index (χ4n) is 2.24. The van der Waals surface area contributed by atoms with Crippen molar-refractivity contribution in [2.24, 2.45) is 0 Å². The number of halogens is 3. The van der Waals surface area contributed by atoms with Crippen LogP contribution in [-0.4, -0.2) is 4.98 Å². The number of rotatable bonds is 2. The Hall–Kier alpha value is -1.28. The first-order chi connectivity index (χ1) is 9.70. The average Bonchev–Trinajstić information content (AvgIpc) is 2.47. The van der Waals surface area contributed by atoms with E-state index >= 15 is 0 Å². The monoisotopic (exact) mass is 321 g/mol. The number of pyridine rings is 1. The van der Waals surface area contributed by atoms with Crippen molar-refractivity contribution in [3.05, 3.63) is 64.3 Å². The van der Waals surface area contributed by atoms with Gasteiger partial charge in [0.2, 0.25) is 0 Å². The highest BCUT2D eigenvalue weighted by Gasteiger charge is 2.14. The second kappa shape index (κ2) is 5.61. The van der Waals surface area contributed by atoms with Crippen LogP contribution in [0.1, 0.15) is 5.69 Å². The van der Waals surface area contributed by atoms with Gasteiger partial charge in [0, 0.05) is 16.0 Å². The van der Waals surface area contributed by atoms with E-state index in [0.29, 0.717) is 15.7 Å². The van der Waals surface area contributed by atoms with Crippen LogP contribution in [0.4, 0.5) is 0 Å². The fourth-order valence-corrected chi connectivity index (χ4v) is 2.99. The smallest absolute Gasteiger partial charge is 0.0751 e. The molecule has 1 aromatic heterocycles. The molecule has 0 spiro atoms. The van der Waals surface area contributed by atoms with Crippen LogP contribution in [0.15, 0.2) is 48.5 Å². The third-order valence-corrected chi connectivity index (χ3v) is 4.04. The molecule has 1 nitrogen and oxygen atoms in total. The van der Waals surface area contributed by atoms with Crippen molar-refractivity contribution in [3.8, 4) is 11.1 Å². The van der Waals surface area contributed by atoms with Crippen molar-refractivity contribution >= 4 is 45.7 Å². The largest absolute Gasteiger partial charge is 0.250 e. The lowest BCUT2D eigenvalue weighted by Crippen LogP contribution is -1.93. The molecule has 0 saturated carbocycles. The maximum atomic E-state index is 6.48. The molecule has 3 aromatic rings. The predicted molar refractivity (Wildman–Crippen MR) is 86.8 cm³/mol. The second-order valence-corrected chi connectivity index (χ2v) is 5.49. The van der Waals surface area contributed by atoms with E-state index in [0.717, 1.165) is 22.0 Å². The van der Waals surface area contributed by atoms with Gasteiger partial charge in [-0.1, -0.05) is 53.5 Å². The van der Waals surface area contributed by atoms with E-state index in [1.807, 2.05) is 48.5 Å². The summed E-state index contributed by atoms with van der Waals surface area (Å²) in [5, 5.41) is 2.18. The van der Waals surface area contributed by atoms with Crippen molar-refractivity contribution < 1.29 is 0 Å². The van der Waals surface area contributed by atoms with Crippen molar-refractivity contribution in [1.29, 1.82) is 0 Å². The molecule has 2 aromatic carbocycles. The van der Waals surface area contributed by atoms with Gasteiger partial charge < -0.3 is 0 Å². The summed E-state index contributed by atoms with van der Waals surface area (Å²) >= 11 is 18.5. The van der Waals surface area contributed by atoms with Gasteiger partial charge in [0.1, 0.15) is 0 Å². The summed E-state index contributed by atoms with van der Waals surface area (Å²) < 4.78 is 0. The van der Waals surface area contributed by atoms with Crippen molar-refractivity contribution in [1.82, 2.24) is 4.98 Å². The Morgan fingerprint density at radius 2 is 1.70 bits per heavy atom. The third-order valence-electron chi connectivity index (χ3n) is 3.15. The normalized spacial score (nSPS) is 10.9. The number of fused-ring (bicyclic) bond motifs is 1. The molecule has 0 unspecified atom stereocenters. The van der Waals surface area contributed by atoms with E-state index in [1.165, 1.54) is 0 Å². The minimum Gasteiger partial charge on any atom is -0.250 e. The fraction of sp³-hybridized carbons (Fsp3) is 0.0625. The van der Waals surface area contributed by atoms with Gasteiger partial charge in [-0.2, -0.15) is 0 Å². The molecule has 20 heavy (non-hydrogen) atoms. The van der Waals surface area contributed by atoms with Gasteiger partial charge in [0.05, 0.1) is 22.1 Å². The van der Waals surface area contributed by atoms with E-state index in [1.54, 1.807) is 0 Å². The summed E-state index contributed by atoms with van der Waals surface area (Å²) in [6, 6.07) is 15.5. The van der Waals surface area contributed by atoms with Crippen LogP contribution in [0.25, 0.3) is 22.0 Å². The Labute approximate surface area is 132 Å². The average molecular weight is 323 g/mol. The zero-order valence-electron chi connectivity index (χ0n) is 10.4. The lowest BCUT2D eigenvalue weighted by Gasteiger charge is -2.12. The predicted octanol–water partition coefficient (Wildman–Crippen LogP) is 5.95. The second-order valence-electron chi connectivity index (χ2n) is 4.41. The van der Waals surface area contributed by atoms with Crippen LogP contribution in [0.2, 0.25) is 10.0 Å². The van der Waals surface area contributed by atoms with Crippen LogP contribution >= 0.6 is 34.8 Å². The van der Waals surface area contributed by atoms with Crippen LogP contribution in [0, 0.1) is 0 Å². The van der Waals surface area contributed by atoms with E-state index < -0.39 is 0 Å². The standard InChI is InChI=1S/C16H10Cl3N/c17-9-14-16(19)15(10-4-2-1-3-5-10)12-8-11(18)6-7-13(12)20-14/h1-8H,9H2. The number of benzene rings is 2. The Kier molecular flexibility index (Phi) is 3.84. The van der Waals surface area contributed by atoms with Gasteiger partial charge in [-0.15, -0.1) is 11.6 Å². The number of hydrogen-bond acceptors (Lipinski definition) is 1. The molecule has 0 amide bonds. The van der Waals surface area contributed by atoms with Crippen LogP contribution in [0.3, 0.4) is 0 Å². The van der Waals surface area contributed by atoms with E-state index in [2.05, 4.69) is 4.98 Å². The lowest BCUT2D eigenvalue weighted by atomic mass is 10.00. The highest BCUT2D eigenvalue weighted by molar-refractivity contribution is 6.37. The zero-order chi connectivity index (χ0) is 14.1. The van der Waals surface area contributed by atoms with Gasteiger partial charge in [-0.25, -0.2) is 4.98 Å². The van der Waals surface area contributed by atoms with E-state index in [9.17, 15) is 0 Å². The summed E-state index contributed by atoms with van der Waals surface area (Å²) in [5.74, 6) is 0.275. The molecule has 0 aliphatic carbocycles. The molecular weight excluding hydrogens is 313 g/mol. The van der Waals surface area contributed by atoms with Gasteiger partial charge >= 0.3 is 0 Å². The number of alkyl halides is 1. The molecule has 4 heteroatoms. The Balaban J connectivity index is 2.43. The minimum atomic E-state index is 0.275. The molecule has 0 fully saturated rings. The summed E-state index contributed by atoms with van der Waals surface area (Å²) in [5.41, 5.74) is 3.48. The van der Waals surface area contributed by atoms with Gasteiger partial charge in [-0.05, 0) is 23.8 Å². The summed E-state index contributed by atoms with van der Waals surface area (Å²) in [6.07, 6.45) is 0. The van der Waals surface area contributed by atoms with Crippen molar-refractivity contribution in [2.75, 3.05) is 0 Å². The van der Waals surface area contributed by atoms with Gasteiger partial charge in [0.25, 0.3) is 0 Å². The molecule has 0 saturated heterocycles. The first-order valence-corrected chi connectivity index (χ1v) is 7.39. The highest BCUT2D eigenvalue weighted by Crippen LogP contribution is 2.37. The Bertz CT molecular complexity index is 770. The highest BCUT2D eigenvalue weighted by atomic mass is 35.5. The molecule has 0 N–H and O–H groups in total.